The fourth-order valence-electron chi connectivity index (χ4n) is 4.45. The number of carbonyl (C=O) groups excluding carboxylic acids is 1. The summed E-state index contributed by atoms with van der Waals surface area (Å²) in [5.41, 5.74) is 4.49. The summed E-state index contributed by atoms with van der Waals surface area (Å²) in [6.07, 6.45) is 6.33. The van der Waals surface area contributed by atoms with Crippen molar-refractivity contribution in [2.45, 2.75) is 76.3 Å². The molecular formula is C25H31N5O. The molecular weight excluding hydrogens is 386 g/mol. The molecule has 1 aromatic carbocycles. The van der Waals surface area contributed by atoms with Crippen molar-refractivity contribution in [2.75, 3.05) is 11.9 Å². The molecule has 0 unspecified atom stereocenters. The van der Waals surface area contributed by atoms with E-state index in [0.29, 0.717) is 23.6 Å². The minimum atomic E-state index is -0.138. The zero-order valence-electron chi connectivity index (χ0n) is 18.6. The molecule has 1 heterocycles. The summed E-state index contributed by atoms with van der Waals surface area (Å²) in [7, 11) is 2.15. The molecule has 0 radical (unpaired) electrons. The molecule has 1 aromatic heterocycles. The van der Waals surface area contributed by atoms with Crippen molar-refractivity contribution in [1.29, 1.82) is 5.26 Å². The Balaban J connectivity index is 1.32. The lowest BCUT2D eigenvalue weighted by Crippen LogP contribution is -2.43. The average molecular weight is 418 g/mol. The Morgan fingerprint density at radius 3 is 2.42 bits per heavy atom. The van der Waals surface area contributed by atoms with E-state index in [1.807, 2.05) is 12.1 Å². The van der Waals surface area contributed by atoms with E-state index in [9.17, 15) is 10.1 Å². The lowest BCUT2D eigenvalue weighted by molar-refractivity contribution is 0.0919. The van der Waals surface area contributed by atoms with Gasteiger partial charge in [-0.3, -0.25) is 4.79 Å². The number of carbonyl (C=O) groups is 1. The van der Waals surface area contributed by atoms with Gasteiger partial charge in [0, 0.05) is 24.8 Å². The first-order valence-corrected chi connectivity index (χ1v) is 11.4. The van der Waals surface area contributed by atoms with Crippen molar-refractivity contribution in [2.24, 2.45) is 0 Å². The van der Waals surface area contributed by atoms with E-state index < -0.39 is 0 Å². The standard InChI is InChI=1S/C25H31N5O/c1-16(2)23-12-13-24(29-28-23)25(31)27-19-7-10-20(11-8-19)30(3)21-9-6-18(15-26)22(14-21)17-4-5-17/h6,9,12-14,16-17,19-20H,4-5,7-8,10-11H2,1-3H3,(H,27,31). The van der Waals surface area contributed by atoms with E-state index in [1.54, 1.807) is 6.07 Å². The van der Waals surface area contributed by atoms with Crippen LogP contribution < -0.4 is 10.2 Å². The first-order chi connectivity index (χ1) is 15.0. The number of nitriles is 1. The predicted octanol–water partition coefficient (Wildman–Crippen LogP) is 4.53. The zero-order chi connectivity index (χ0) is 22.0. The van der Waals surface area contributed by atoms with Gasteiger partial charge in [0.1, 0.15) is 0 Å². The molecule has 2 aliphatic rings. The summed E-state index contributed by atoms with van der Waals surface area (Å²) in [6, 6.07) is 12.8. The summed E-state index contributed by atoms with van der Waals surface area (Å²) in [5.74, 6) is 0.723. The van der Waals surface area contributed by atoms with Crippen molar-refractivity contribution in [3.05, 3.63) is 52.8 Å². The second-order valence-corrected chi connectivity index (χ2v) is 9.25. The molecule has 1 amide bonds. The van der Waals surface area contributed by atoms with Crippen LogP contribution >= 0.6 is 0 Å². The molecule has 2 fully saturated rings. The monoisotopic (exact) mass is 417 g/mol. The second kappa shape index (κ2) is 9.05. The molecule has 0 spiro atoms. The van der Waals surface area contributed by atoms with Gasteiger partial charge in [-0.05, 0) is 86.3 Å². The van der Waals surface area contributed by atoms with Crippen LogP contribution in [0, 0.1) is 11.3 Å². The van der Waals surface area contributed by atoms with Crippen LogP contribution in [0.5, 0.6) is 0 Å². The molecule has 162 valence electrons. The highest BCUT2D eigenvalue weighted by molar-refractivity contribution is 5.92. The maximum Gasteiger partial charge on any atom is 0.272 e. The van der Waals surface area contributed by atoms with E-state index in [2.05, 4.69) is 59.5 Å². The lowest BCUT2D eigenvalue weighted by atomic mass is 9.89. The minimum Gasteiger partial charge on any atom is -0.372 e. The molecule has 0 saturated heterocycles. The smallest absolute Gasteiger partial charge is 0.272 e. The Morgan fingerprint density at radius 2 is 1.84 bits per heavy atom. The summed E-state index contributed by atoms with van der Waals surface area (Å²) >= 11 is 0. The molecule has 0 atom stereocenters. The topological polar surface area (TPSA) is 81.9 Å². The number of amides is 1. The molecule has 4 rings (SSSR count). The van der Waals surface area contributed by atoms with Crippen molar-refractivity contribution in [3.63, 3.8) is 0 Å². The van der Waals surface area contributed by atoms with Crippen LogP contribution in [0.2, 0.25) is 0 Å². The summed E-state index contributed by atoms with van der Waals surface area (Å²) < 4.78 is 0. The van der Waals surface area contributed by atoms with E-state index >= 15 is 0 Å². The molecule has 6 heteroatoms. The van der Waals surface area contributed by atoms with Gasteiger partial charge in [-0.1, -0.05) is 13.8 Å². The Hall–Kier alpha value is -2.94. The summed E-state index contributed by atoms with van der Waals surface area (Å²) in [5, 5.41) is 20.8. The average Bonchev–Trinajstić information content (AvgIpc) is 3.64. The number of rotatable bonds is 6. The third-order valence-corrected chi connectivity index (χ3v) is 6.67. The molecule has 0 bridgehead atoms. The van der Waals surface area contributed by atoms with E-state index in [0.717, 1.165) is 36.9 Å². The number of aromatic nitrogens is 2. The van der Waals surface area contributed by atoms with Gasteiger partial charge in [-0.2, -0.15) is 10.4 Å². The Kier molecular flexibility index (Phi) is 6.22. The van der Waals surface area contributed by atoms with Gasteiger partial charge in [0.05, 0.1) is 17.3 Å². The van der Waals surface area contributed by atoms with Crippen LogP contribution in [-0.4, -0.2) is 35.2 Å². The van der Waals surface area contributed by atoms with Crippen LogP contribution in [0.25, 0.3) is 0 Å². The minimum absolute atomic E-state index is 0.138. The van der Waals surface area contributed by atoms with Gasteiger partial charge in [0.2, 0.25) is 0 Å². The predicted molar refractivity (Wildman–Crippen MR) is 121 cm³/mol. The van der Waals surface area contributed by atoms with Gasteiger partial charge < -0.3 is 10.2 Å². The van der Waals surface area contributed by atoms with Crippen molar-refractivity contribution in [1.82, 2.24) is 15.5 Å². The van der Waals surface area contributed by atoms with Gasteiger partial charge in [-0.25, -0.2) is 0 Å². The van der Waals surface area contributed by atoms with Gasteiger partial charge in [-0.15, -0.1) is 5.10 Å². The fraction of sp³-hybridized carbons (Fsp3) is 0.520. The molecule has 2 saturated carbocycles. The number of nitrogens with one attached hydrogen (secondary N) is 1. The van der Waals surface area contributed by atoms with E-state index in [1.165, 1.54) is 24.1 Å². The highest BCUT2D eigenvalue weighted by Gasteiger charge is 2.29. The molecule has 2 aromatic rings. The normalized spacial score (nSPS) is 20.9. The number of hydrogen-bond acceptors (Lipinski definition) is 5. The van der Waals surface area contributed by atoms with Gasteiger partial charge in [0.15, 0.2) is 5.69 Å². The zero-order valence-corrected chi connectivity index (χ0v) is 18.6. The first kappa shape index (κ1) is 21.3. The molecule has 1 N–H and O–H groups in total. The maximum atomic E-state index is 12.5. The maximum absolute atomic E-state index is 12.5. The highest BCUT2D eigenvalue weighted by Crippen LogP contribution is 2.43. The van der Waals surface area contributed by atoms with Crippen molar-refractivity contribution >= 4 is 11.6 Å². The van der Waals surface area contributed by atoms with Gasteiger partial charge in [0.25, 0.3) is 5.91 Å². The first-order valence-electron chi connectivity index (χ1n) is 11.4. The van der Waals surface area contributed by atoms with Crippen LogP contribution in [-0.2, 0) is 0 Å². The van der Waals surface area contributed by atoms with E-state index in [4.69, 9.17) is 0 Å². The third-order valence-electron chi connectivity index (χ3n) is 6.67. The van der Waals surface area contributed by atoms with Crippen molar-refractivity contribution < 1.29 is 4.79 Å². The van der Waals surface area contributed by atoms with E-state index in [-0.39, 0.29) is 11.9 Å². The second-order valence-electron chi connectivity index (χ2n) is 9.25. The third kappa shape index (κ3) is 4.87. The Labute approximate surface area is 184 Å². The number of hydrogen-bond donors (Lipinski definition) is 1. The Morgan fingerprint density at radius 1 is 1.10 bits per heavy atom. The lowest BCUT2D eigenvalue weighted by Gasteiger charge is -2.36. The SMILES string of the molecule is CC(C)c1ccc(C(=O)NC2CCC(N(C)c3ccc(C#N)c(C4CC4)c3)CC2)nn1. The quantitative estimate of drug-likeness (QED) is 0.747. The highest BCUT2D eigenvalue weighted by atomic mass is 16.2. The van der Waals surface area contributed by atoms with Crippen LogP contribution in [0.1, 0.15) is 91.5 Å². The fourth-order valence-corrected chi connectivity index (χ4v) is 4.45. The van der Waals surface area contributed by atoms with Gasteiger partial charge >= 0.3 is 0 Å². The largest absolute Gasteiger partial charge is 0.372 e. The van der Waals surface area contributed by atoms with Crippen LogP contribution in [0.3, 0.4) is 0 Å². The summed E-state index contributed by atoms with van der Waals surface area (Å²) in [6.45, 7) is 4.12. The van der Waals surface area contributed by atoms with Crippen LogP contribution in [0.15, 0.2) is 30.3 Å². The number of nitrogens with zero attached hydrogens (tertiary/aromatic N) is 4. The molecule has 6 nitrogen and oxygen atoms in total. The molecule has 31 heavy (non-hydrogen) atoms. The molecule has 0 aliphatic heterocycles. The number of anilines is 1. The summed E-state index contributed by atoms with van der Waals surface area (Å²) in [4.78, 5) is 14.9. The van der Waals surface area contributed by atoms with Crippen LogP contribution in [0.4, 0.5) is 5.69 Å². The van der Waals surface area contributed by atoms with Crippen molar-refractivity contribution in [3.8, 4) is 6.07 Å². The Bertz CT molecular complexity index is 966. The molecule has 2 aliphatic carbocycles. The number of benzene rings is 1.